The van der Waals surface area contributed by atoms with Crippen molar-refractivity contribution in [3.63, 3.8) is 0 Å². The van der Waals surface area contributed by atoms with E-state index in [2.05, 4.69) is 36.3 Å². The maximum Gasteiger partial charge on any atom is 0.160 e. The van der Waals surface area contributed by atoms with Gasteiger partial charge in [-0.2, -0.15) is 0 Å². The summed E-state index contributed by atoms with van der Waals surface area (Å²) in [5.74, 6) is 0.604. The zero-order valence-electron chi connectivity index (χ0n) is 9.94. The van der Waals surface area contributed by atoms with Crippen LogP contribution in [0.5, 0.6) is 0 Å². The van der Waals surface area contributed by atoms with Crippen LogP contribution in [0.2, 0.25) is 0 Å². The van der Waals surface area contributed by atoms with Crippen molar-refractivity contribution in [2.45, 2.75) is 40.0 Å². The number of hydrogen-bond donors (Lipinski definition) is 0. The smallest absolute Gasteiger partial charge is 0.160 e. The van der Waals surface area contributed by atoms with Gasteiger partial charge in [0, 0.05) is 6.20 Å². The third kappa shape index (κ3) is 2.55. The summed E-state index contributed by atoms with van der Waals surface area (Å²) < 4.78 is 1.96. The van der Waals surface area contributed by atoms with E-state index in [-0.39, 0.29) is 0 Å². The molecule has 0 saturated carbocycles. The van der Waals surface area contributed by atoms with Crippen LogP contribution in [0.3, 0.4) is 0 Å². The summed E-state index contributed by atoms with van der Waals surface area (Å²) in [4.78, 5) is 0. The van der Waals surface area contributed by atoms with Gasteiger partial charge in [0.1, 0.15) is 6.33 Å². The molecular weight excluding hydrogens is 186 g/mol. The predicted molar refractivity (Wildman–Crippen MR) is 63.0 cm³/mol. The van der Waals surface area contributed by atoms with Crippen molar-refractivity contribution in [2.75, 3.05) is 0 Å². The van der Waals surface area contributed by atoms with Crippen LogP contribution in [0.25, 0.3) is 5.65 Å². The van der Waals surface area contributed by atoms with Crippen LogP contribution in [0.4, 0.5) is 0 Å². The normalized spacial score (nSPS) is 12.0. The zero-order chi connectivity index (χ0) is 11.3. The Morgan fingerprint density at radius 1 is 1.33 bits per heavy atom. The molecule has 15 heavy (non-hydrogen) atoms. The maximum absolute atomic E-state index is 3.96. The fraction of sp³-hybridized carbons (Fsp3) is 0.500. The number of pyridine rings is 1. The Morgan fingerprint density at radius 2 is 2.07 bits per heavy atom. The van der Waals surface area contributed by atoms with E-state index in [9.17, 15) is 0 Å². The minimum absolute atomic E-state index is 0.604. The lowest BCUT2D eigenvalue weighted by Gasteiger charge is -2.08. The van der Waals surface area contributed by atoms with Gasteiger partial charge in [-0.15, -0.1) is 10.2 Å². The van der Waals surface area contributed by atoms with Gasteiger partial charge in [0.25, 0.3) is 0 Å². The highest BCUT2D eigenvalue weighted by molar-refractivity contribution is 5.38. The molecule has 3 heteroatoms. The van der Waals surface area contributed by atoms with Crippen molar-refractivity contribution in [2.24, 2.45) is 0 Å². The number of aromatic nitrogens is 3. The Balaban J connectivity index is 0.000000531. The first kappa shape index (κ1) is 11.7. The van der Waals surface area contributed by atoms with E-state index in [0.29, 0.717) is 5.92 Å². The van der Waals surface area contributed by atoms with E-state index in [1.807, 2.05) is 24.3 Å². The van der Waals surface area contributed by atoms with Crippen molar-refractivity contribution in [1.29, 1.82) is 0 Å². The molecule has 2 aromatic heterocycles. The number of nitrogens with zero attached hydrogens (tertiary/aromatic N) is 3. The molecule has 0 N–H and O–H groups in total. The lowest BCUT2D eigenvalue weighted by molar-refractivity contribution is 0.728. The second kappa shape index (κ2) is 5.49. The summed E-state index contributed by atoms with van der Waals surface area (Å²) in [7, 11) is 0. The fourth-order valence-corrected chi connectivity index (χ4v) is 1.37. The molecule has 0 amide bonds. The van der Waals surface area contributed by atoms with Crippen LogP contribution in [0, 0.1) is 0 Å². The number of rotatable bonds is 2. The third-order valence-electron chi connectivity index (χ3n) is 2.50. The molecule has 1 unspecified atom stereocenters. The average molecular weight is 205 g/mol. The zero-order valence-corrected chi connectivity index (χ0v) is 9.94. The lowest BCUT2D eigenvalue weighted by atomic mass is 10.0. The van der Waals surface area contributed by atoms with Gasteiger partial charge in [-0.1, -0.05) is 33.8 Å². The molecule has 2 rings (SSSR count). The van der Waals surface area contributed by atoms with Crippen LogP contribution in [0.1, 0.15) is 45.6 Å². The first-order chi connectivity index (χ1) is 7.31. The molecule has 0 saturated heterocycles. The van der Waals surface area contributed by atoms with Gasteiger partial charge < -0.3 is 0 Å². The van der Waals surface area contributed by atoms with Crippen molar-refractivity contribution in [1.82, 2.24) is 14.6 Å². The van der Waals surface area contributed by atoms with Crippen LogP contribution in [-0.4, -0.2) is 14.6 Å². The topological polar surface area (TPSA) is 30.2 Å². The van der Waals surface area contributed by atoms with Gasteiger partial charge >= 0.3 is 0 Å². The Kier molecular flexibility index (Phi) is 4.28. The Bertz CT molecular complexity index is 406. The second-order valence-electron chi connectivity index (χ2n) is 3.37. The van der Waals surface area contributed by atoms with Crippen LogP contribution in [-0.2, 0) is 0 Å². The van der Waals surface area contributed by atoms with Crippen LogP contribution in [0.15, 0.2) is 24.7 Å². The van der Waals surface area contributed by atoms with Crippen LogP contribution < -0.4 is 0 Å². The largest absolute Gasteiger partial charge is 0.289 e. The van der Waals surface area contributed by atoms with Crippen molar-refractivity contribution >= 4 is 5.65 Å². The summed E-state index contributed by atoms with van der Waals surface area (Å²) in [6.45, 7) is 8.42. The first-order valence-corrected chi connectivity index (χ1v) is 5.60. The molecule has 0 spiro atoms. The minimum atomic E-state index is 0.604. The Labute approximate surface area is 91.2 Å². The minimum Gasteiger partial charge on any atom is -0.289 e. The van der Waals surface area contributed by atoms with Gasteiger partial charge in [0.05, 0.1) is 0 Å². The summed E-state index contributed by atoms with van der Waals surface area (Å²) >= 11 is 0. The standard InChI is InChI=1S/C10H13N3.C2H6/c1-3-8(2)9-4-5-10-12-11-7-13(10)6-9;1-2/h4-8H,3H2,1-2H3;1-2H3. The maximum atomic E-state index is 3.96. The molecule has 3 nitrogen and oxygen atoms in total. The second-order valence-corrected chi connectivity index (χ2v) is 3.37. The summed E-state index contributed by atoms with van der Waals surface area (Å²) in [5, 5.41) is 7.80. The Hall–Kier alpha value is -1.38. The number of fused-ring (bicyclic) bond motifs is 1. The number of hydrogen-bond acceptors (Lipinski definition) is 2. The van der Waals surface area contributed by atoms with Crippen LogP contribution >= 0.6 is 0 Å². The quantitative estimate of drug-likeness (QED) is 0.753. The molecule has 0 radical (unpaired) electrons. The van der Waals surface area contributed by atoms with E-state index in [0.717, 1.165) is 12.1 Å². The molecule has 2 heterocycles. The lowest BCUT2D eigenvalue weighted by Crippen LogP contribution is -1.94. The Morgan fingerprint density at radius 3 is 2.73 bits per heavy atom. The van der Waals surface area contributed by atoms with Gasteiger partial charge in [0.2, 0.25) is 0 Å². The van der Waals surface area contributed by atoms with Gasteiger partial charge in [-0.25, -0.2) is 0 Å². The van der Waals surface area contributed by atoms with E-state index >= 15 is 0 Å². The summed E-state index contributed by atoms with van der Waals surface area (Å²) in [6, 6.07) is 4.13. The van der Waals surface area contributed by atoms with Crippen molar-refractivity contribution in [3.05, 3.63) is 30.2 Å². The summed E-state index contributed by atoms with van der Waals surface area (Å²) in [5.41, 5.74) is 2.25. The van der Waals surface area contributed by atoms with Crippen molar-refractivity contribution < 1.29 is 0 Å². The monoisotopic (exact) mass is 205 g/mol. The average Bonchev–Trinajstić information content (AvgIpc) is 2.77. The molecule has 0 fully saturated rings. The molecule has 0 aromatic carbocycles. The third-order valence-corrected chi connectivity index (χ3v) is 2.50. The van der Waals surface area contributed by atoms with E-state index in [1.54, 1.807) is 6.33 Å². The molecule has 82 valence electrons. The van der Waals surface area contributed by atoms with Gasteiger partial charge in [0.15, 0.2) is 5.65 Å². The molecular formula is C12H19N3. The SMILES string of the molecule is CC.CCC(C)c1ccc2nncn2c1. The van der Waals surface area contributed by atoms with E-state index < -0.39 is 0 Å². The summed E-state index contributed by atoms with van der Waals surface area (Å²) in [6.07, 6.45) is 5.00. The highest BCUT2D eigenvalue weighted by Crippen LogP contribution is 2.18. The molecule has 0 aliphatic rings. The fourth-order valence-electron chi connectivity index (χ4n) is 1.37. The highest BCUT2D eigenvalue weighted by atomic mass is 15.2. The van der Waals surface area contributed by atoms with Crippen molar-refractivity contribution in [3.8, 4) is 0 Å². The van der Waals surface area contributed by atoms with Gasteiger partial charge in [-0.3, -0.25) is 4.40 Å². The molecule has 0 aliphatic heterocycles. The first-order valence-electron chi connectivity index (χ1n) is 5.60. The molecule has 0 bridgehead atoms. The van der Waals surface area contributed by atoms with E-state index in [4.69, 9.17) is 0 Å². The highest BCUT2D eigenvalue weighted by Gasteiger charge is 2.03. The predicted octanol–water partition coefficient (Wildman–Crippen LogP) is 3.27. The molecule has 0 aliphatic carbocycles. The van der Waals surface area contributed by atoms with E-state index in [1.165, 1.54) is 5.56 Å². The molecule has 2 aromatic rings. The van der Waals surface area contributed by atoms with Gasteiger partial charge in [-0.05, 0) is 24.0 Å². The molecule has 1 atom stereocenters.